The smallest absolute Gasteiger partial charge is 0.226 e. The summed E-state index contributed by atoms with van der Waals surface area (Å²) in [4.78, 5) is 16.5. The van der Waals surface area contributed by atoms with Gasteiger partial charge in [-0.2, -0.15) is 4.98 Å². The van der Waals surface area contributed by atoms with Gasteiger partial charge in [0.15, 0.2) is 0 Å². The van der Waals surface area contributed by atoms with Crippen LogP contribution in [0.25, 0.3) is 11.4 Å². The number of aryl methyl sites for hydroxylation is 2. The molecule has 0 unspecified atom stereocenters. The topological polar surface area (TPSA) is 77.2 Å². The van der Waals surface area contributed by atoms with Crippen LogP contribution in [0.5, 0.6) is 5.75 Å². The lowest BCUT2D eigenvalue weighted by Crippen LogP contribution is -2.12. The number of aromatic nitrogens is 2. The zero-order valence-corrected chi connectivity index (χ0v) is 15.6. The Bertz CT molecular complexity index is 905. The number of nitrogens with one attached hydrogen (secondary N) is 1. The minimum absolute atomic E-state index is 0.0225. The van der Waals surface area contributed by atoms with Crippen molar-refractivity contribution in [1.29, 1.82) is 0 Å². The average molecular weight is 365 g/mol. The number of anilines is 1. The van der Waals surface area contributed by atoms with Crippen molar-refractivity contribution in [2.45, 2.75) is 33.1 Å². The third-order valence-electron chi connectivity index (χ3n) is 4.11. The largest absolute Gasteiger partial charge is 0.493 e. The first-order valence-corrected chi connectivity index (χ1v) is 9.07. The summed E-state index contributed by atoms with van der Waals surface area (Å²) in [6.45, 7) is 4.47. The first-order valence-electron chi connectivity index (χ1n) is 9.07. The highest BCUT2D eigenvalue weighted by Gasteiger charge is 2.13. The summed E-state index contributed by atoms with van der Waals surface area (Å²) in [5.41, 5.74) is 2.68. The molecule has 1 N–H and O–H groups in total. The van der Waals surface area contributed by atoms with E-state index in [1.54, 1.807) is 0 Å². The molecular weight excluding hydrogens is 342 g/mol. The van der Waals surface area contributed by atoms with Crippen molar-refractivity contribution < 1.29 is 14.1 Å². The quantitative estimate of drug-likeness (QED) is 0.640. The number of ether oxygens (including phenoxy) is 1. The predicted octanol–water partition coefficient (Wildman–Crippen LogP) is 4.41. The number of hydrogen-bond acceptors (Lipinski definition) is 5. The van der Waals surface area contributed by atoms with Crippen LogP contribution in [-0.4, -0.2) is 22.7 Å². The zero-order chi connectivity index (χ0) is 19.1. The number of carbonyl (C=O) groups is 1. The maximum absolute atomic E-state index is 12.1. The van der Waals surface area contributed by atoms with Crippen molar-refractivity contribution in [3.05, 3.63) is 60.0 Å². The van der Waals surface area contributed by atoms with E-state index < -0.39 is 0 Å². The van der Waals surface area contributed by atoms with Gasteiger partial charge in [-0.25, -0.2) is 0 Å². The molecule has 3 rings (SSSR count). The zero-order valence-electron chi connectivity index (χ0n) is 15.6. The molecular formula is C21H23N3O3. The monoisotopic (exact) mass is 365 g/mol. The summed E-state index contributed by atoms with van der Waals surface area (Å²) in [5.74, 6) is 1.72. The highest BCUT2D eigenvalue weighted by Crippen LogP contribution is 2.27. The Morgan fingerprint density at radius 3 is 2.74 bits per heavy atom. The van der Waals surface area contributed by atoms with Gasteiger partial charge in [0, 0.05) is 18.5 Å². The molecule has 6 heteroatoms. The summed E-state index contributed by atoms with van der Waals surface area (Å²) in [6.07, 6.45) is 1.57. The van der Waals surface area contributed by atoms with E-state index in [1.165, 1.54) is 0 Å². The first kappa shape index (κ1) is 18.6. The molecule has 0 aliphatic carbocycles. The van der Waals surface area contributed by atoms with E-state index in [0.29, 0.717) is 37.6 Å². The number of rotatable bonds is 8. The molecule has 0 bridgehead atoms. The summed E-state index contributed by atoms with van der Waals surface area (Å²) in [5, 5.41) is 6.97. The second-order valence-electron chi connectivity index (χ2n) is 6.16. The molecule has 6 nitrogen and oxygen atoms in total. The molecule has 3 aromatic rings. The number of carbonyl (C=O) groups excluding carboxylic acids is 1. The van der Waals surface area contributed by atoms with Gasteiger partial charge in [-0.3, -0.25) is 4.79 Å². The van der Waals surface area contributed by atoms with E-state index in [9.17, 15) is 4.79 Å². The summed E-state index contributed by atoms with van der Waals surface area (Å²) in [7, 11) is 0. The molecule has 27 heavy (non-hydrogen) atoms. The molecule has 1 amide bonds. The molecule has 1 aromatic heterocycles. The van der Waals surface area contributed by atoms with Crippen LogP contribution in [0.4, 0.5) is 5.69 Å². The molecule has 140 valence electrons. The van der Waals surface area contributed by atoms with Gasteiger partial charge in [0.05, 0.1) is 12.2 Å². The molecule has 0 atom stereocenters. The maximum atomic E-state index is 12.1. The van der Waals surface area contributed by atoms with Gasteiger partial charge in [0.25, 0.3) is 0 Å². The first-order chi connectivity index (χ1) is 13.2. The summed E-state index contributed by atoms with van der Waals surface area (Å²) >= 11 is 0. The van der Waals surface area contributed by atoms with Crippen molar-refractivity contribution in [3.63, 3.8) is 0 Å². The van der Waals surface area contributed by atoms with E-state index in [2.05, 4.69) is 15.5 Å². The highest BCUT2D eigenvalue weighted by atomic mass is 16.5. The molecule has 2 aromatic carbocycles. The third-order valence-corrected chi connectivity index (χ3v) is 4.11. The van der Waals surface area contributed by atoms with Crippen LogP contribution in [0, 0.1) is 6.92 Å². The third kappa shape index (κ3) is 4.94. The average Bonchev–Trinajstić information content (AvgIpc) is 3.13. The van der Waals surface area contributed by atoms with Crippen molar-refractivity contribution in [2.75, 3.05) is 11.9 Å². The number of hydrogen-bond donors (Lipinski definition) is 1. The minimum Gasteiger partial charge on any atom is -0.493 e. The number of nitrogens with zero attached hydrogens (tertiary/aromatic N) is 2. The predicted molar refractivity (Wildman–Crippen MR) is 104 cm³/mol. The lowest BCUT2D eigenvalue weighted by atomic mass is 10.2. The molecule has 0 saturated carbocycles. The fourth-order valence-electron chi connectivity index (χ4n) is 2.72. The summed E-state index contributed by atoms with van der Waals surface area (Å²) in [6, 6.07) is 15.3. The van der Waals surface area contributed by atoms with E-state index in [-0.39, 0.29) is 5.91 Å². The van der Waals surface area contributed by atoms with Crippen LogP contribution < -0.4 is 10.1 Å². The van der Waals surface area contributed by atoms with Crippen molar-refractivity contribution in [1.82, 2.24) is 10.1 Å². The number of para-hydroxylation sites is 2. The molecule has 0 radical (unpaired) electrons. The second-order valence-corrected chi connectivity index (χ2v) is 6.16. The van der Waals surface area contributed by atoms with Gasteiger partial charge in [-0.15, -0.1) is 0 Å². The number of benzene rings is 2. The standard InChI is InChI=1S/C21H23N3O3/c1-3-26-18-12-7-5-10-16(18)21-23-20(27-24-21)14-8-13-19(25)22-17-11-6-4-9-15(17)2/h4-7,9-12H,3,8,13-14H2,1-2H3,(H,22,25). The van der Waals surface area contributed by atoms with Gasteiger partial charge >= 0.3 is 0 Å². The van der Waals surface area contributed by atoms with Crippen LogP contribution in [0.15, 0.2) is 53.1 Å². The van der Waals surface area contributed by atoms with Crippen molar-refractivity contribution in [2.24, 2.45) is 0 Å². The fraction of sp³-hybridized carbons (Fsp3) is 0.286. The molecule has 0 spiro atoms. The molecule has 0 aliphatic rings. The van der Waals surface area contributed by atoms with Crippen LogP contribution in [0.3, 0.4) is 0 Å². The normalized spacial score (nSPS) is 10.6. The Labute approximate surface area is 158 Å². The maximum Gasteiger partial charge on any atom is 0.226 e. The molecule has 0 fully saturated rings. The Kier molecular flexibility index (Phi) is 6.20. The molecule has 0 aliphatic heterocycles. The minimum atomic E-state index is -0.0225. The molecule has 1 heterocycles. The van der Waals surface area contributed by atoms with Crippen LogP contribution in [0.2, 0.25) is 0 Å². The Hall–Kier alpha value is -3.15. The Morgan fingerprint density at radius 2 is 1.93 bits per heavy atom. The Morgan fingerprint density at radius 1 is 1.15 bits per heavy atom. The van der Waals surface area contributed by atoms with Crippen LogP contribution >= 0.6 is 0 Å². The molecule has 0 saturated heterocycles. The van der Waals surface area contributed by atoms with Crippen LogP contribution in [0.1, 0.15) is 31.2 Å². The van der Waals surface area contributed by atoms with Crippen molar-refractivity contribution in [3.8, 4) is 17.1 Å². The van der Waals surface area contributed by atoms with E-state index in [1.807, 2.05) is 62.4 Å². The van der Waals surface area contributed by atoms with Gasteiger partial charge in [-0.05, 0) is 44.0 Å². The van der Waals surface area contributed by atoms with Gasteiger partial charge in [-0.1, -0.05) is 35.5 Å². The van der Waals surface area contributed by atoms with Gasteiger partial charge in [0.2, 0.25) is 17.6 Å². The van der Waals surface area contributed by atoms with Crippen molar-refractivity contribution >= 4 is 11.6 Å². The second kappa shape index (κ2) is 8.98. The highest BCUT2D eigenvalue weighted by molar-refractivity contribution is 5.91. The van der Waals surface area contributed by atoms with E-state index in [4.69, 9.17) is 9.26 Å². The van der Waals surface area contributed by atoms with Crippen LogP contribution in [-0.2, 0) is 11.2 Å². The van der Waals surface area contributed by atoms with Gasteiger partial charge < -0.3 is 14.6 Å². The SMILES string of the molecule is CCOc1ccccc1-c1noc(CCCC(=O)Nc2ccccc2C)n1. The van der Waals surface area contributed by atoms with E-state index >= 15 is 0 Å². The van der Waals surface area contributed by atoms with Gasteiger partial charge in [0.1, 0.15) is 5.75 Å². The summed E-state index contributed by atoms with van der Waals surface area (Å²) < 4.78 is 10.9. The fourth-order valence-corrected chi connectivity index (χ4v) is 2.72. The van der Waals surface area contributed by atoms with E-state index in [0.717, 1.165) is 22.6 Å². The lowest BCUT2D eigenvalue weighted by Gasteiger charge is -2.07. The number of amides is 1. The lowest BCUT2D eigenvalue weighted by molar-refractivity contribution is -0.116. The Balaban J connectivity index is 1.54.